The minimum absolute atomic E-state index is 0.0801. The van der Waals surface area contributed by atoms with E-state index in [9.17, 15) is 18.8 Å². The first-order valence-corrected chi connectivity index (χ1v) is 8.45. The predicted octanol–water partition coefficient (Wildman–Crippen LogP) is 2.70. The molecule has 1 aromatic carbocycles. The number of urea groups is 1. The highest BCUT2D eigenvalue weighted by atomic mass is 19.1. The normalized spacial score (nSPS) is 24.2. The number of carbonyl (C=O) groups excluding carboxylic acids is 3. The van der Waals surface area contributed by atoms with Gasteiger partial charge < -0.3 is 4.74 Å². The predicted molar refractivity (Wildman–Crippen MR) is 87.2 cm³/mol. The van der Waals surface area contributed by atoms with Crippen LogP contribution in [0.4, 0.5) is 9.18 Å². The summed E-state index contributed by atoms with van der Waals surface area (Å²) in [5.74, 6) is -1.95. The first kappa shape index (κ1) is 17.4. The van der Waals surface area contributed by atoms with Gasteiger partial charge in [-0.3, -0.25) is 19.4 Å². The maximum Gasteiger partial charge on any atom is 0.334 e. The molecule has 0 spiro atoms. The zero-order valence-corrected chi connectivity index (χ0v) is 14.3. The summed E-state index contributed by atoms with van der Waals surface area (Å²) in [6.45, 7) is 1.86. The average Bonchev–Trinajstić information content (AvgIpc) is 2.79. The van der Waals surface area contributed by atoms with E-state index in [0.29, 0.717) is 5.56 Å². The molecule has 1 aliphatic heterocycles. The zero-order chi connectivity index (χ0) is 18.1. The number of amides is 4. The lowest BCUT2D eigenvalue weighted by Crippen LogP contribution is -2.46. The van der Waals surface area contributed by atoms with Gasteiger partial charge in [0.25, 0.3) is 0 Å². The maximum atomic E-state index is 13.8. The third-order valence-electron chi connectivity index (χ3n) is 5.04. The molecule has 4 amide bonds. The second-order valence-corrected chi connectivity index (χ2v) is 6.65. The molecule has 134 valence electrons. The summed E-state index contributed by atoms with van der Waals surface area (Å²) < 4.78 is 18.7. The van der Waals surface area contributed by atoms with Crippen molar-refractivity contribution < 1.29 is 23.5 Å². The molecule has 1 heterocycles. The van der Waals surface area contributed by atoms with Gasteiger partial charge in [-0.1, -0.05) is 25.8 Å². The number of carbonyl (C=O) groups is 3. The summed E-state index contributed by atoms with van der Waals surface area (Å²) in [5, 5.41) is 0. The highest BCUT2D eigenvalue weighted by molar-refractivity contribution is 6.44. The Kier molecular flexibility index (Phi) is 4.74. The molecular formula is C18H21FN2O4. The number of hydrogen-bond acceptors (Lipinski definition) is 4. The minimum atomic E-state index is -0.848. The zero-order valence-electron chi connectivity index (χ0n) is 14.3. The second kappa shape index (κ2) is 6.82. The molecule has 2 atom stereocenters. The SMILES string of the molecule is COc1ccc(CN2C(=O)C(=O)N([C@@H]3CCCC[C@@H]3C)C2=O)cc1F. The Hall–Kier alpha value is -2.44. The van der Waals surface area contributed by atoms with Crippen molar-refractivity contribution in [2.24, 2.45) is 5.92 Å². The van der Waals surface area contributed by atoms with Gasteiger partial charge in [0.2, 0.25) is 0 Å². The lowest BCUT2D eigenvalue weighted by Gasteiger charge is -2.34. The van der Waals surface area contributed by atoms with Gasteiger partial charge in [-0.25, -0.2) is 9.18 Å². The molecular weight excluding hydrogens is 327 g/mol. The van der Waals surface area contributed by atoms with Crippen LogP contribution in [0.2, 0.25) is 0 Å². The van der Waals surface area contributed by atoms with Gasteiger partial charge in [-0.15, -0.1) is 0 Å². The standard InChI is InChI=1S/C18H21FN2O4/c1-11-5-3-4-6-14(11)21-17(23)16(22)20(18(21)24)10-12-7-8-15(25-2)13(19)9-12/h7-9,11,14H,3-6,10H2,1-2H3/t11-,14+/m0/s1. The van der Waals surface area contributed by atoms with Crippen LogP contribution < -0.4 is 4.74 Å². The molecule has 7 heteroatoms. The number of rotatable bonds is 4. The number of nitrogens with zero attached hydrogens (tertiary/aromatic N) is 2. The summed E-state index contributed by atoms with van der Waals surface area (Å²) >= 11 is 0. The number of benzene rings is 1. The van der Waals surface area contributed by atoms with E-state index in [4.69, 9.17) is 4.74 Å². The van der Waals surface area contributed by atoms with Crippen molar-refractivity contribution in [3.05, 3.63) is 29.6 Å². The molecule has 0 unspecified atom stereocenters. The molecule has 0 bridgehead atoms. The molecule has 6 nitrogen and oxygen atoms in total. The number of methoxy groups -OCH3 is 1. The molecule has 0 aromatic heterocycles. The number of ether oxygens (including phenoxy) is 1. The van der Waals surface area contributed by atoms with Gasteiger partial charge in [0.1, 0.15) is 0 Å². The lowest BCUT2D eigenvalue weighted by atomic mass is 9.85. The van der Waals surface area contributed by atoms with Gasteiger partial charge in [-0.05, 0) is 36.5 Å². The van der Waals surface area contributed by atoms with Gasteiger partial charge in [0, 0.05) is 6.04 Å². The molecule has 25 heavy (non-hydrogen) atoms. The molecule has 1 aliphatic carbocycles. The van der Waals surface area contributed by atoms with Crippen molar-refractivity contribution in [2.75, 3.05) is 7.11 Å². The van der Waals surface area contributed by atoms with E-state index < -0.39 is 23.7 Å². The minimum Gasteiger partial charge on any atom is -0.494 e. The van der Waals surface area contributed by atoms with Crippen LogP contribution in [0.15, 0.2) is 18.2 Å². The highest BCUT2D eigenvalue weighted by Gasteiger charge is 2.48. The Morgan fingerprint density at radius 2 is 1.88 bits per heavy atom. The quantitative estimate of drug-likeness (QED) is 0.620. The molecule has 1 saturated carbocycles. The van der Waals surface area contributed by atoms with Crippen LogP contribution in [0.1, 0.15) is 38.2 Å². The van der Waals surface area contributed by atoms with E-state index in [1.54, 1.807) is 6.07 Å². The molecule has 1 saturated heterocycles. The van der Waals surface area contributed by atoms with E-state index >= 15 is 0 Å². The van der Waals surface area contributed by atoms with Crippen LogP contribution in [0.3, 0.4) is 0 Å². The third-order valence-corrected chi connectivity index (χ3v) is 5.04. The van der Waals surface area contributed by atoms with E-state index in [-0.39, 0.29) is 24.3 Å². The number of hydrogen-bond donors (Lipinski definition) is 0. The summed E-state index contributed by atoms with van der Waals surface area (Å²) in [5.41, 5.74) is 0.423. The monoisotopic (exact) mass is 348 g/mol. The van der Waals surface area contributed by atoms with Crippen molar-refractivity contribution in [3.63, 3.8) is 0 Å². The van der Waals surface area contributed by atoms with Crippen molar-refractivity contribution in [1.82, 2.24) is 9.80 Å². The van der Waals surface area contributed by atoms with E-state index in [1.165, 1.54) is 19.2 Å². The van der Waals surface area contributed by atoms with Crippen molar-refractivity contribution in [3.8, 4) is 5.75 Å². The molecule has 1 aromatic rings. The fraction of sp³-hybridized carbons (Fsp3) is 0.500. The summed E-state index contributed by atoms with van der Waals surface area (Å²) in [6, 6.07) is 3.35. The summed E-state index contributed by atoms with van der Waals surface area (Å²) in [4.78, 5) is 39.3. The van der Waals surface area contributed by atoms with Crippen molar-refractivity contribution >= 4 is 17.8 Å². The molecule has 3 rings (SSSR count). The van der Waals surface area contributed by atoms with Crippen LogP contribution in [0, 0.1) is 11.7 Å². The van der Waals surface area contributed by atoms with Gasteiger partial charge in [0.05, 0.1) is 13.7 Å². The Bertz CT molecular complexity index is 721. The Labute approximate surface area is 145 Å². The Balaban J connectivity index is 1.80. The molecule has 0 N–H and O–H groups in total. The van der Waals surface area contributed by atoms with Gasteiger partial charge in [-0.2, -0.15) is 0 Å². The van der Waals surface area contributed by atoms with Gasteiger partial charge >= 0.3 is 17.8 Å². The topological polar surface area (TPSA) is 66.9 Å². The fourth-order valence-corrected chi connectivity index (χ4v) is 3.63. The lowest BCUT2D eigenvalue weighted by molar-refractivity contribution is -0.144. The summed E-state index contributed by atoms with van der Waals surface area (Å²) in [6.07, 6.45) is 3.65. The summed E-state index contributed by atoms with van der Waals surface area (Å²) in [7, 11) is 1.35. The van der Waals surface area contributed by atoms with Crippen LogP contribution >= 0.6 is 0 Å². The molecule has 2 fully saturated rings. The van der Waals surface area contributed by atoms with Crippen LogP contribution in [-0.2, 0) is 16.1 Å². The van der Waals surface area contributed by atoms with Crippen LogP contribution in [0.5, 0.6) is 5.75 Å². The Morgan fingerprint density at radius 1 is 1.16 bits per heavy atom. The first-order valence-electron chi connectivity index (χ1n) is 8.45. The fourth-order valence-electron chi connectivity index (χ4n) is 3.63. The molecule has 2 aliphatic rings. The van der Waals surface area contributed by atoms with Crippen molar-refractivity contribution in [1.29, 1.82) is 0 Å². The molecule has 0 radical (unpaired) electrons. The Morgan fingerprint density at radius 3 is 2.52 bits per heavy atom. The highest BCUT2D eigenvalue weighted by Crippen LogP contribution is 2.31. The van der Waals surface area contributed by atoms with E-state index in [1.807, 2.05) is 6.92 Å². The number of imide groups is 2. The second-order valence-electron chi connectivity index (χ2n) is 6.65. The van der Waals surface area contributed by atoms with Crippen LogP contribution in [0.25, 0.3) is 0 Å². The van der Waals surface area contributed by atoms with Crippen LogP contribution in [-0.4, -0.2) is 40.8 Å². The average molecular weight is 348 g/mol. The first-order chi connectivity index (χ1) is 11.9. The van der Waals surface area contributed by atoms with Crippen molar-refractivity contribution in [2.45, 2.75) is 45.2 Å². The van der Waals surface area contributed by atoms with E-state index in [2.05, 4.69) is 0 Å². The van der Waals surface area contributed by atoms with E-state index in [0.717, 1.165) is 35.5 Å². The largest absolute Gasteiger partial charge is 0.494 e. The van der Waals surface area contributed by atoms with Gasteiger partial charge in [0.15, 0.2) is 11.6 Å². The smallest absolute Gasteiger partial charge is 0.334 e. The number of halogens is 1. The maximum absolute atomic E-state index is 13.8. The third kappa shape index (κ3) is 3.10.